The molecule has 102 valence electrons. The minimum absolute atomic E-state index is 0.222. The highest BCUT2D eigenvalue weighted by atomic mass is 32.1. The molecule has 0 aliphatic rings. The lowest BCUT2D eigenvalue weighted by atomic mass is 10.2. The normalized spacial score (nSPS) is 11.1. The van der Waals surface area contributed by atoms with Crippen LogP contribution in [0.3, 0.4) is 0 Å². The molecule has 0 fully saturated rings. The van der Waals surface area contributed by atoms with Crippen LogP contribution < -0.4 is 0 Å². The fraction of sp³-hybridized carbons (Fsp3) is 0.231. The number of rotatable bonds is 4. The molecule has 0 radical (unpaired) electrons. The van der Waals surface area contributed by atoms with E-state index >= 15 is 0 Å². The van der Waals surface area contributed by atoms with Crippen LogP contribution in [0.25, 0.3) is 11.0 Å². The van der Waals surface area contributed by atoms with Gasteiger partial charge in [-0.3, -0.25) is 0 Å². The van der Waals surface area contributed by atoms with Crippen molar-refractivity contribution in [1.29, 1.82) is 0 Å². The van der Waals surface area contributed by atoms with Crippen molar-refractivity contribution in [3.05, 3.63) is 39.8 Å². The second-order valence-corrected chi connectivity index (χ2v) is 5.49. The molecule has 0 aliphatic heterocycles. The van der Waals surface area contributed by atoms with Crippen LogP contribution in [-0.4, -0.2) is 31.1 Å². The average Bonchev–Trinajstić information content (AvgIpc) is 3.02. The van der Waals surface area contributed by atoms with E-state index in [0.717, 1.165) is 22.6 Å². The monoisotopic (exact) mass is 288 g/mol. The van der Waals surface area contributed by atoms with E-state index in [-0.39, 0.29) is 5.56 Å². The highest BCUT2D eigenvalue weighted by Gasteiger charge is 2.09. The summed E-state index contributed by atoms with van der Waals surface area (Å²) in [6.45, 7) is 2.65. The lowest BCUT2D eigenvalue weighted by Gasteiger charge is -2.00. The fourth-order valence-electron chi connectivity index (χ4n) is 2.01. The molecule has 0 bridgehead atoms. The molecule has 0 unspecified atom stereocenters. The topological polar surface area (TPSA) is 80.9 Å². The number of hydrogen-bond acceptors (Lipinski definition) is 5. The average molecular weight is 288 g/mol. The summed E-state index contributed by atoms with van der Waals surface area (Å²) in [5.41, 5.74) is 2.69. The highest BCUT2D eigenvalue weighted by molar-refractivity contribution is 7.09. The smallest absolute Gasteiger partial charge is 0.335 e. The first-order valence-electron chi connectivity index (χ1n) is 6.11. The number of aromatic nitrogens is 4. The highest BCUT2D eigenvalue weighted by Crippen LogP contribution is 2.15. The van der Waals surface area contributed by atoms with E-state index in [0.29, 0.717) is 12.1 Å². The van der Waals surface area contributed by atoms with E-state index in [1.54, 1.807) is 28.2 Å². The van der Waals surface area contributed by atoms with Gasteiger partial charge in [-0.1, -0.05) is 5.21 Å². The molecule has 3 rings (SSSR count). The second-order valence-electron chi connectivity index (χ2n) is 4.43. The Morgan fingerprint density at radius 2 is 2.30 bits per heavy atom. The Morgan fingerprint density at radius 1 is 1.45 bits per heavy atom. The van der Waals surface area contributed by atoms with Gasteiger partial charge in [0, 0.05) is 18.3 Å². The third-order valence-corrected chi connectivity index (χ3v) is 3.83. The van der Waals surface area contributed by atoms with Crippen LogP contribution in [0.2, 0.25) is 0 Å². The zero-order chi connectivity index (χ0) is 14.1. The summed E-state index contributed by atoms with van der Waals surface area (Å²) in [7, 11) is 0. The van der Waals surface area contributed by atoms with Crippen molar-refractivity contribution in [1.82, 2.24) is 20.0 Å². The number of carboxylic acid groups (broad SMARTS) is 1. The number of aryl methyl sites for hydroxylation is 3. The Labute approximate surface area is 118 Å². The van der Waals surface area contributed by atoms with Crippen molar-refractivity contribution in [2.45, 2.75) is 19.9 Å². The molecule has 20 heavy (non-hydrogen) atoms. The first kappa shape index (κ1) is 12.7. The molecule has 0 saturated heterocycles. The SMILES string of the molecule is Cc1nc(CCn2nnc3cc(C(=O)O)ccc32)cs1. The summed E-state index contributed by atoms with van der Waals surface area (Å²) >= 11 is 1.63. The summed E-state index contributed by atoms with van der Waals surface area (Å²) in [6.07, 6.45) is 0.781. The summed E-state index contributed by atoms with van der Waals surface area (Å²) in [6, 6.07) is 4.84. The van der Waals surface area contributed by atoms with E-state index in [4.69, 9.17) is 5.11 Å². The number of thiazole rings is 1. The van der Waals surface area contributed by atoms with Crippen LogP contribution in [0, 0.1) is 6.92 Å². The number of benzene rings is 1. The van der Waals surface area contributed by atoms with Crippen molar-refractivity contribution in [2.75, 3.05) is 0 Å². The quantitative estimate of drug-likeness (QED) is 0.795. The standard InChI is InChI=1S/C13H12N4O2S/c1-8-14-10(7-20-8)4-5-17-12-3-2-9(13(18)19)6-11(12)15-16-17/h2-3,6-7H,4-5H2,1H3,(H,18,19). The van der Waals surface area contributed by atoms with Gasteiger partial charge in [0.25, 0.3) is 0 Å². The Balaban J connectivity index is 1.83. The third-order valence-electron chi connectivity index (χ3n) is 3.01. The van der Waals surface area contributed by atoms with Crippen LogP contribution in [0.4, 0.5) is 0 Å². The van der Waals surface area contributed by atoms with Crippen LogP contribution in [0.15, 0.2) is 23.6 Å². The van der Waals surface area contributed by atoms with Gasteiger partial charge in [0.1, 0.15) is 5.52 Å². The maximum Gasteiger partial charge on any atom is 0.335 e. The molecule has 1 aromatic carbocycles. The predicted molar refractivity (Wildman–Crippen MR) is 75.0 cm³/mol. The molecule has 2 heterocycles. The van der Waals surface area contributed by atoms with Gasteiger partial charge in [-0.05, 0) is 25.1 Å². The zero-order valence-electron chi connectivity index (χ0n) is 10.8. The van der Waals surface area contributed by atoms with Crippen LogP contribution in [0.1, 0.15) is 21.1 Å². The number of aromatic carboxylic acids is 1. The van der Waals surface area contributed by atoms with Gasteiger partial charge >= 0.3 is 5.97 Å². The molecular weight excluding hydrogens is 276 g/mol. The van der Waals surface area contributed by atoms with E-state index in [1.165, 1.54) is 6.07 Å². The number of fused-ring (bicyclic) bond motifs is 1. The number of hydrogen-bond donors (Lipinski definition) is 1. The van der Waals surface area contributed by atoms with Crippen LogP contribution in [-0.2, 0) is 13.0 Å². The molecule has 3 aromatic rings. The fourth-order valence-corrected chi connectivity index (χ4v) is 2.66. The minimum Gasteiger partial charge on any atom is -0.478 e. The molecule has 0 atom stereocenters. The number of carbonyl (C=O) groups is 1. The van der Waals surface area contributed by atoms with E-state index < -0.39 is 5.97 Å². The van der Waals surface area contributed by atoms with Gasteiger partial charge in [0.2, 0.25) is 0 Å². The van der Waals surface area contributed by atoms with Gasteiger partial charge in [-0.25, -0.2) is 14.5 Å². The van der Waals surface area contributed by atoms with Crippen molar-refractivity contribution in [3.63, 3.8) is 0 Å². The van der Waals surface area contributed by atoms with Crippen LogP contribution >= 0.6 is 11.3 Å². The molecule has 7 heteroatoms. The molecule has 0 amide bonds. The third kappa shape index (κ3) is 2.39. The Bertz CT molecular complexity index is 778. The van der Waals surface area contributed by atoms with E-state index in [2.05, 4.69) is 15.3 Å². The summed E-state index contributed by atoms with van der Waals surface area (Å²) in [5.74, 6) is -0.959. The number of nitrogens with zero attached hydrogens (tertiary/aromatic N) is 4. The molecule has 0 saturated carbocycles. The van der Waals surface area contributed by atoms with Gasteiger partial charge in [-0.15, -0.1) is 16.4 Å². The molecule has 2 aromatic heterocycles. The molecule has 1 N–H and O–H groups in total. The van der Waals surface area contributed by atoms with Crippen molar-refractivity contribution in [2.24, 2.45) is 0 Å². The largest absolute Gasteiger partial charge is 0.478 e. The Kier molecular flexibility index (Phi) is 3.19. The van der Waals surface area contributed by atoms with Crippen molar-refractivity contribution >= 4 is 28.3 Å². The molecule has 6 nitrogen and oxygen atoms in total. The molecule has 0 aliphatic carbocycles. The maximum atomic E-state index is 10.9. The zero-order valence-corrected chi connectivity index (χ0v) is 11.6. The first-order valence-corrected chi connectivity index (χ1v) is 6.99. The molecule has 0 spiro atoms. The minimum atomic E-state index is -0.959. The molecular formula is C13H12N4O2S. The van der Waals surface area contributed by atoms with Crippen LogP contribution in [0.5, 0.6) is 0 Å². The van der Waals surface area contributed by atoms with Gasteiger partial charge in [-0.2, -0.15) is 0 Å². The van der Waals surface area contributed by atoms with Gasteiger partial charge in [0.05, 0.1) is 21.8 Å². The van der Waals surface area contributed by atoms with Crippen molar-refractivity contribution < 1.29 is 9.90 Å². The summed E-state index contributed by atoms with van der Waals surface area (Å²) in [4.78, 5) is 15.3. The van der Waals surface area contributed by atoms with E-state index in [9.17, 15) is 4.79 Å². The predicted octanol–water partition coefficient (Wildman–Crippen LogP) is 2.14. The Morgan fingerprint density at radius 3 is 3.00 bits per heavy atom. The van der Waals surface area contributed by atoms with Gasteiger partial charge in [0.15, 0.2) is 0 Å². The summed E-state index contributed by atoms with van der Waals surface area (Å²) < 4.78 is 1.77. The first-order chi connectivity index (χ1) is 9.63. The van der Waals surface area contributed by atoms with Gasteiger partial charge < -0.3 is 5.11 Å². The van der Waals surface area contributed by atoms with E-state index in [1.807, 2.05) is 12.3 Å². The van der Waals surface area contributed by atoms with Crippen molar-refractivity contribution in [3.8, 4) is 0 Å². The number of carboxylic acids is 1. The lowest BCUT2D eigenvalue weighted by Crippen LogP contribution is -2.04. The lowest BCUT2D eigenvalue weighted by molar-refractivity contribution is 0.0697. The summed E-state index contributed by atoms with van der Waals surface area (Å²) in [5, 5.41) is 20.1. The second kappa shape index (κ2) is 5.01. The maximum absolute atomic E-state index is 10.9. The Hall–Kier alpha value is -2.28.